The first-order valence-corrected chi connectivity index (χ1v) is 7.73. The van der Waals surface area contributed by atoms with Crippen molar-refractivity contribution in [3.05, 3.63) is 57.5 Å². The topological polar surface area (TPSA) is 65.2 Å². The Hall–Kier alpha value is -2.18. The van der Waals surface area contributed by atoms with Crippen LogP contribution in [0.5, 0.6) is 0 Å². The van der Waals surface area contributed by atoms with Gasteiger partial charge in [-0.25, -0.2) is 0 Å². The van der Waals surface area contributed by atoms with Gasteiger partial charge < -0.3 is 9.26 Å². The molecule has 2 aromatic heterocycles. The number of benzene rings is 1. The van der Waals surface area contributed by atoms with Crippen LogP contribution >= 0.6 is 22.9 Å². The Morgan fingerprint density at radius 3 is 2.82 bits per heavy atom. The van der Waals surface area contributed by atoms with Crippen molar-refractivity contribution in [2.75, 3.05) is 0 Å². The van der Waals surface area contributed by atoms with E-state index in [-0.39, 0.29) is 19.0 Å². The van der Waals surface area contributed by atoms with E-state index in [9.17, 15) is 4.79 Å². The SMILES string of the molecule is O=C(Cc1cccs1)OCc1noc(-c2ccc(Cl)cc2)n1. The van der Waals surface area contributed by atoms with Gasteiger partial charge in [0.05, 0.1) is 6.42 Å². The van der Waals surface area contributed by atoms with Gasteiger partial charge in [0, 0.05) is 15.5 Å². The van der Waals surface area contributed by atoms with E-state index < -0.39 is 0 Å². The smallest absolute Gasteiger partial charge is 0.311 e. The van der Waals surface area contributed by atoms with Gasteiger partial charge in [0.2, 0.25) is 5.82 Å². The van der Waals surface area contributed by atoms with E-state index in [2.05, 4.69) is 10.1 Å². The molecule has 0 unspecified atom stereocenters. The Morgan fingerprint density at radius 1 is 1.27 bits per heavy atom. The number of esters is 1. The monoisotopic (exact) mass is 334 g/mol. The Kier molecular flexibility index (Phi) is 4.50. The largest absolute Gasteiger partial charge is 0.457 e. The molecule has 5 nitrogen and oxygen atoms in total. The molecule has 0 amide bonds. The van der Waals surface area contributed by atoms with Crippen molar-refractivity contribution in [1.82, 2.24) is 10.1 Å². The van der Waals surface area contributed by atoms with Crippen LogP contribution in [0.2, 0.25) is 5.02 Å². The van der Waals surface area contributed by atoms with Crippen LogP contribution in [0.1, 0.15) is 10.7 Å². The van der Waals surface area contributed by atoms with Gasteiger partial charge in [0.15, 0.2) is 6.61 Å². The van der Waals surface area contributed by atoms with Gasteiger partial charge in [-0.05, 0) is 35.7 Å². The van der Waals surface area contributed by atoms with Crippen LogP contribution in [0.25, 0.3) is 11.5 Å². The van der Waals surface area contributed by atoms with E-state index in [1.807, 2.05) is 17.5 Å². The summed E-state index contributed by atoms with van der Waals surface area (Å²) < 4.78 is 10.3. The standard InChI is InChI=1S/C15H11ClN2O3S/c16-11-5-3-10(4-6-11)15-17-13(18-21-15)9-20-14(19)8-12-2-1-7-22-12/h1-7H,8-9H2. The zero-order valence-corrected chi connectivity index (χ0v) is 12.9. The molecule has 0 bridgehead atoms. The lowest BCUT2D eigenvalue weighted by Gasteiger charge is -1.99. The van der Waals surface area contributed by atoms with Gasteiger partial charge in [-0.1, -0.05) is 22.8 Å². The third-order valence-electron chi connectivity index (χ3n) is 2.82. The number of carbonyl (C=O) groups excluding carboxylic acids is 1. The van der Waals surface area contributed by atoms with Crippen molar-refractivity contribution in [2.45, 2.75) is 13.0 Å². The predicted molar refractivity (Wildman–Crippen MR) is 82.6 cm³/mol. The maximum Gasteiger partial charge on any atom is 0.311 e. The van der Waals surface area contributed by atoms with Crippen molar-refractivity contribution < 1.29 is 14.1 Å². The molecule has 0 atom stereocenters. The normalized spacial score (nSPS) is 10.6. The lowest BCUT2D eigenvalue weighted by atomic mass is 10.2. The number of hydrogen-bond acceptors (Lipinski definition) is 6. The van der Waals surface area contributed by atoms with Gasteiger partial charge >= 0.3 is 5.97 Å². The van der Waals surface area contributed by atoms with Crippen molar-refractivity contribution in [2.24, 2.45) is 0 Å². The molecular formula is C15H11ClN2O3S. The quantitative estimate of drug-likeness (QED) is 0.665. The first-order chi connectivity index (χ1) is 10.7. The number of aromatic nitrogens is 2. The van der Waals surface area contributed by atoms with Crippen molar-refractivity contribution in [3.63, 3.8) is 0 Å². The van der Waals surface area contributed by atoms with E-state index in [4.69, 9.17) is 20.9 Å². The summed E-state index contributed by atoms with van der Waals surface area (Å²) in [6.45, 7) is -0.0126. The summed E-state index contributed by atoms with van der Waals surface area (Å²) in [7, 11) is 0. The fourth-order valence-corrected chi connectivity index (χ4v) is 2.59. The summed E-state index contributed by atoms with van der Waals surface area (Å²) in [5.41, 5.74) is 0.757. The molecule has 3 rings (SSSR count). The first kappa shape index (κ1) is 14.7. The molecule has 2 heterocycles. The zero-order valence-electron chi connectivity index (χ0n) is 11.4. The number of ether oxygens (including phenoxy) is 1. The minimum Gasteiger partial charge on any atom is -0.457 e. The molecule has 0 aliphatic carbocycles. The summed E-state index contributed by atoms with van der Waals surface area (Å²) in [6, 6.07) is 10.8. The number of halogens is 1. The van der Waals surface area contributed by atoms with E-state index in [1.54, 1.807) is 24.3 Å². The number of hydrogen-bond donors (Lipinski definition) is 0. The molecule has 7 heteroatoms. The zero-order chi connectivity index (χ0) is 15.4. The first-order valence-electron chi connectivity index (χ1n) is 6.47. The van der Waals surface area contributed by atoms with Crippen LogP contribution in [0.4, 0.5) is 0 Å². The molecule has 1 aromatic carbocycles. The fourth-order valence-electron chi connectivity index (χ4n) is 1.77. The number of thiophene rings is 1. The molecular weight excluding hydrogens is 324 g/mol. The average Bonchev–Trinajstić information content (AvgIpc) is 3.17. The Balaban J connectivity index is 1.57. The molecule has 0 aliphatic rings. The van der Waals surface area contributed by atoms with Crippen molar-refractivity contribution in [1.29, 1.82) is 0 Å². The second-order valence-corrected chi connectivity index (χ2v) is 5.91. The van der Waals surface area contributed by atoms with E-state index in [0.717, 1.165) is 10.4 Å². The highest BCUT2D eigenvalue weighted by molar-refractivity contribution is 7.10. The van der Waals surface area contributed by atoms with Crippen molar-refractivity contribution in [3.8, 4) is 11.5 Å². The van der Waals surface area contributed by atoms with E-state index in [1.165, 1.54) is 11.3 Å². The van der Waals surface area contributed by atoms with Gasteiger partial charge in [-0.2, -0.15) is 4.98 Å². The second-order valence-electron chi connectivity index (χ2n) is 4.44. The number of rotatable bonds is 5. The third kappa shape index (κ3) is 3.72. The molecule has 22 heavy (non-hydrogen) atoms. The second kappa shape index (κ2) is 6.72. The summed E-state index contributed by atoms with van der Waals surface area (Å²) in [5, 5.41) is 6.34. The van der Waals surface area contributed by atoms with Crippen LogP contribution in [-0.2, 0) is 22.6 Å². The van der Waals surface area contributed by atoms with Crippen LogP contribution in [0.3, 0.4) is 0 Å². The fraction of sp³-hybridized carbons (Fsp3) is 0.133. The Labute approximate surface area is 135 Å². The van der Waals surface area contributed by atoms with Gasteiger partial charge in [0.1, 0.15) is 0 Å². The highest BCUT2D eigenvalue weighted by Crippen LogP contribution is 2.19. The minimum absolute atomic E-state index is 0.0126. The molecule has 0 fully saturated rings. The average molecular weight is 335 g/mol. The van der Waals surface area contributed by atoms with Gasteiger partial charge in [-0.3, -0.25) is 4.79 Å². The maximum absolute atomic E-state index is 11.7. The summed E-state index contributed by atoms with van der Waals surface area (Å²) in [6.07, 6.45) is 0.250. The van der Waals surface area contributed by atoms with E-state index in [0.29, 0.717) is 16.7 Å². The van der Waals surface area contributed by atoms with Crippen molar-refractivity contribution >= 4 is 28.9 Å². The molecule has 112 valence electrons. The van der Waals surface area contributed by atoms with Gasteiger partial charge in [0.25, 0.3) is 5.89 Å². The van der Waals surface area contributed by atoms with Crippen LogP contribution in [-0.4, -0.2) is 16.1 Å². The molecule has 3 aromatic rings. The van der Waals surface area contributed by atoms with E-state index >= 15 is 0 Å². The summed E-state index contributed by atoms with van der Waals surface area (Å²) in [4.78, 5) is 16.8. The highest BCUT2D eigenvalue weighted by atomic mass is 35.5. The number of carbonyl (C=O) groups is 1. The molecule has 0 spiro atoms. The lowest BCUT2D eigenvalue weighted by Crippen LogP contribution is -2.07. The third-order valence-corrected chi connectivity index (χ3v) is 3.95. The van der Waals surface area contributed by atoms with Crippen LogP contribution in [0.15, 0.2) is 46.3 Å². The summed E-state index contributed by atoms with van der Waals surface area (Å²) in [5.74, 6) is 0.366. The minimum atomic E-state index is -0.319. The molecule has 0 aliphatic heterocycles. The lowest BCUT2D eigenvalue weighted by molar-refractivity contribution is -0.144. The predicted octanol–water partition coefficient (Wildman–Crippen LogP) is 3.74. The molecule has 0 N–H and O–H groups in total. The Morgan fingerprint density at radius 2 is 2.09 bits per heavy atom. The van der Waals surface area contributed by atoms with Crippen LogP contribution < -0.4 is 0 Å². The molecule has 0 saturated carbocycles. The van der Waals surface area contributed by atoms with Crippen LogP contribution in [0, 0.1) is 0 Å². The summed E-state index contributed by atoms with van der Waals surface area (Å²) >= 11 is 7.34. The highest BCUT2D eigenvalue weighted by Gasteiger charge is 2.11. The Bertz CT molecular complexity index is 753. The number of nitrogens with zero attached hydrogens (tertiary/aromatic N) is 2. The van der Waals surface area contributed by atoms with Gasteiger partial charge in [-0.15, -0.1) is 11.3 Å². The molecule has 0 radical (unpaired) electrons. The maximum atomic E-state index is 11.7. The molecule has 0 saturated heterocycles.